The fourth-order valence-corrected chi connectivity index (χ4v) is 5.97. The van der Waals surface area contributed by atoms with Gasteiger partial charge in [0.1, 0.15) is 11.6 Å². The minimum absolute atomic E-state index is 0.0535. The highest BCUT2D eigenvalue weighted by atomic mass is 32.2. The molecule has 5 rings (SSSR count). The van der Waals surface area contributed by atoms with Crippen LogP contribution in [0.4, 0.5) is 4.39 Å². The lowest BCUT2D eigenvalue weighted by atomic mass is 10.0. The second-order valence-corrected chi connectivity index (χ2v) is 11.0. The molecule has 1 atom stereocenters. The molecule has 0 bridgehead atoms. The minimum atomic E-state index is -3.95. The number of amides is 1. The fourth-order valence-electron chi connectivity index (χ4n) is 4.60. The Morgan fingerprint density at radius 3 is 2.34 bits per heavy atom. The molecule has 0 radical (unpaired) electrons. The molecule has 194 valence electrons. The predicted molar refractivity (Wildman–Crippen MR) is 145 cm³/mol. The van der Waals surface area contributed by atoms with Gasteiger partial charge in [-0.2, -0.15) is 4.31 Å². The molecule has 0 saturated heterocycles. The van der Waals surface area contributed by atoms with Crippen LogP contribution in [0.5, 0.6) is 5.75 Å². The molecule has 0 fully saturated rings. The van der Waals surface area contributed by atoms with Crippen LogP contribution in [0.1, 0.15) is 17.2 Å². The van der Waals surface area contributed by atoms with E-state index >= 15 is 0 Å². The summed E-state index contributed by atoms with van der Waals surface area (Å²) in [6.07, 6.45) is 3.61. The number of carbonyl (C=O) groups excluding carboxylic acids is 1. The minimum Gasteiger partial charge on any atom is -0.497 e. The average Bonchev–Trinajstić information content (AvgIpc) is 2.93. The fraction of sp³-hybridized carbons (Fsp3) is 0.167. The summed E-state index contributed by atoms with van der Waals surface area (Å²) < 4.78 is 47.3. The summed E-state index contributed by atoms with van der Waals surface area (Å²) in [5.41, 5.74) is 1.58. The van der Waals surface area contributed by atoms with Crippen molar-refractivity contribution in [1.29, 1.82) is 0 Å². The lowest BCUT2D eigenvalue weighted by Crippen LogP contribution is -2.45. The zero-order valence-corrected chi connectivity index (χ0v) is 21.6. The zero-order chi connectivity index (χ0) is 26.7. The second kappa shape index (κ2) is 10.8. The molecule has 1 amide bonds. The largest absolute Gasteiger partial charge is 0.497 e. The zero-order valence-electron chi connectivity index (χ0n) is 20.8. The van der Waals surface area contributed by atoms with Crippen LogP contribution >= 0.6 is 0 Å². The normalized spacial score (nSPS) is 17.7. The first-order valence-corrected chi connectivity index (χ1v) is 13.6. The van der Waals surface area contributed by atoms with Crippen LogP contribution in [0.15, 0.2) is 108 Å². The summed E-state index contributed by atoms with van der Waals surface area (Å²) in [4.78, 5) is 15.5. The SMILES string of the molecule is COc1ccc([C@H]2/C=C\CN(S(=O)(=O)c3ccc4ccccc4c3)CC(=O)N2Cc2ccc(F)cc2)cc1. The number of fused-ring (bicyclic) bond motifs is 1. The van der Waals surface area contributed by atoms with Crippen LogP contribution in [0.2, 0.25) is 0 Å². The van der Waals surface area contributed by atoms with Gasteiger partial charge < -0.3 is 9.64 Å². The quantitative estimate of drug-likeness (QED) is 0.317. The highest BCUT2D eigenvalue weighted by Crippen LogP contribution is 2.29. The number of benzene rings is 4. The maximum absolute atomic E-state index is 13.7. The molecule has 0 spiro atoms. The Bertz CT molecular complexity index is 1590. The molecule has 0 aliphatic carbocycles. The van der Waals surface area contributed by atoms with Gasteiger partial charge in [-0.1, -0.05) is 66.7 Å². The van der Waals surface area contributed by atoms with Crippen LogP contribution in [0.3, 0.4) is 0 Å². The summed E-state index contributed by atoms with van der Waals surface area (Å²) in [7, 11) is -2.37. The van der Waals surface area contributed by atoms with E-state index in [1.54, 1.807) is 48.4 Å². The smallest absolute Gasteiger partial charge is 0.243 e. The van der Waals surface area contributed by atoms with E-state index in [2.05, 4.69) is 0 Å². The van der Waals surface area contributed by atoms with E-state index in [4.69, 9.17) is 4.74 Å². The van der Waals surface area contributed by atoms with Gasteiger partial charge in [0.25, 0.3) is 0 Å². The van der Waals surface area contributed by atoms with Crippen molar-refractivity contribution >= 4 is 26.7 Å². The van der Waals surface area contributed by atoms with Crippen molar-refractivity contribution in [1.82, 2.24) is 9.21 Å². The monoisotopic (exact) mass is 530 g/mol. The van der Waals surface area contributed by atoms with Gasteiger partial charge in [-0.25, -0.2) is 12.8 Å². The van der Waals surface area contributed by atoms with Crippen LogP contribution in [0, 0.1) is 5.82 Å². The third kappa shape index (κ3) is 5.32. The number of carbonyl (C=O) groups is 1. The van der Waals surface area contributed by atoms with Crippen molar-refractivity contribution in [3.63, 3.8) is 0 Å². The van der Waals surface area contributed by atoms with E-state index in [1.165, 1.54) is 16.4 Å². The Kier molecular flexibility index (Phi) is 7.26. The maximum Gasteiger partial charge on any atom is 0.243 e. The molecule has 0 N–H and O–H groups in total. The number of methoxy groups -OCH3 is 1. The van der Waals surface area contributed by atoms with Gasteiger partial charge >= 0.3 is 0 Å². The van der Waals surface area contributed by atoms with Crippen LogP contribution in [-0.2, 0) is 21.4 Å². The average molecular weight is 531 g/mol. The molecular weight excluding hydrogens is 503 g/mol. The number of hydrogen-bond donors (Lipinski definition) is 0. The van der Waals surface area contributed by atoms with Gasteiger partial charge in [0, 0.05) is 13.1 Å². The number of sulfonamides is 1. The lowest BCUT2D eigenvalue weighted by Gasteiger charge is -2.34. The number of hydrogen-bond acceptors (Lipinski definition) is 4. The first-order chi connectivity index (χ1) is 18.3. The Morgan fingerprint density at radius 1 is 0.921 bits per heavy atom. The molecular formula is C30H27FN2O4S. The Hall–Kier alpha value is -4.01. The maximum atomic E-state index is 13.7. The van der Waals surface area contributed by atoms with Gasteiger partial charge in [0.2, 0.25) is 15.9 Å². The van der Waals surface area contributed by atoms with E-state index in [1.807, 2.05) is 54.6 Å². The van der Waals surface area contributed by atoms with Crippen molar-refractivity contribution in [2.24, 2.45) is 0 Å². The molecule has 4 aromatic rings. The van der Waals surface area contributed by atoms with Crippen LogP contribution < -0.4 is 4.74 Å². The van der Waals surface area contributed by atoms with Crippen molar-refractivity contribution in [2.75, 3.05) is 20.2 Å². The molecule has 1 aliphatic heterocycles. The highest BCUT2D eigenvalue weighted by Gasteiger charge is 2.32. The number of rotatable bonds is 6. The summed E-state index contributed by atoms with van der Waals surface area (Å²) >= 11 is 0. The summed E-state index contributed by atoms with van der Waals surface area (Å²) in [5.74, 6) is -0.0384. The second-order valence-electron chi connectivity index (χ2n) is 9.10. The van der Waals surface area contributed by atoms with Crippen molar-refractivity contribution < 1.29 is 22.3 Å². The van der Waals surface area contributed by atoms with Gasteiger partial charge in [0.15, 0.2) is 0 Å². The van der Waals surface area contributed by atoms with E-state index in [0.717, 1.165) is 21.9 Å². The molecule has 1 heterocycles. The van der Waals surface area contributed by atoms with Gasteiger partial charge in [-0.05, 0) is 58.3 Å². The van der Waals surface area contributed by atoms with Crippen LogP contribution in [-0.4, -0.2) is 43.7 Å². The van der Waals surface area contributed by atoms with Crippen molar-refractivity contribution in [3.8, 4) is 5.75 Å². The Morgan fingerprint density at radius 2 is 1.63 bits per heavy atom. The number of nitrogens with zero attached hydrogens (tertiary/aromatic N) is 2. The van der Waals surface area contributed by atoms with E-state index < -0.39 is 16.1 Å². The van der Waals surface area contributed by atoms with Gasteiger partial charge in [0.05, 0.1) is 24.6 Å². The van der Waals surface area contributed by atoms with Crippen molar-refractivity contribution in [3.05, 3.63) is 120 Å². The topological polar surface area (TPSA) is 66.9 Å². The number of ether oxygens (including phenoxy) is 1. The molecule has 38 heavy (non-hydrogen) atoms. The molecule has 1 aliphatic rings. The lowest BCUT2D eigenvalue weighted by molar-refractivity contribution is -0.133. The van der Waals surface area contributed by atoms with E-state index in [-0.39, 0.29) is 36.3 Å². The van der Waals surface area contributed by atoms with Crippen molar-refractivity contribution in [2.45, 2.75) is 17.5 Å². The predicted octanol–water partition coefficient (Wildman–Crippen LogP) is 5.32. The number of halogens is 1. The molecule has 6 nitrogen and oxygen atoms in total. The molecule has 0 aromatic heterocycles. The van der Waals surface area contributed by atoms with Gasteiger partial charge in [-0.15, -0.1) is 0 Å². The summed E-state index contributed by atoms with van der Waals surface area (Å²) in [6.45, 7) is -0.0880. The Balaban J connectivity index is 1.50. The first-order valence-electron chi connectivity index (χ1n) is 12.2. The van der Waals surface area contributed by atoms with E-state index in [0.29, 0.717) is 5.75 Å². The third-order valence-corrected chi connectivity index (χ3v) is 8.49. The molecule has 4 aromatic carbocycles. The molecule has 0 unspecified atom stereocenters. The molecule has 8 heteroatoms. The molecule has 0 saturated carbocycles. The van der Waals surface area contributed by atoms with Gasteiger partial charge in [-0.3, -0.25) is 4.79 Å². The highest BCUT2D eigenvalue weighted by molar-refractivity contribution is 7.89. The van der Waals surface area contributed by atoms with E-state index in [9.17, 15) is 17.6 Å². The third-order valence-electron chi connectivity index (χ3n) is 6.68. The summed E-state index contributed by atoms with van der Waals surface area (Å²) in [6, 6.07) is 25.4. The standard InChI is InChI=1S/C30H27FN2O4S/c1-37-27-15-10-24(11-16-27)29-7-4-18-32(21-30(34)33(29)20-22-8-13-26(31)14-9-22)38(35,36)28-17-12-23-5-2-3-6-25(23)19-28/h2-17,19,29H,18,20-21H2,1H3/b7-4-/t29-/m1/s1. The summed E-state index contributed by atoms with van der Waals surface area (Å²) in [5, 5.41) is 1.74. The Labute approximate surface area is 221 Å². The van der Waals surface area contributed by atoms with Crippen LogP contribution in [0.25, 0.3) is 10.8 Å². The first kappa shape index (κ1) is 25.6.